The Bertz CT molecular complexity index is 841. The average molecular weight is 303 g/mol. The number of hydrogen-bond donors (Lipinski definition) is 1. The maximum atomic E-state index is 13.4. The molecule has 2 aromatic carbocycles. The number of halogens is 2. The van der Waals surface area contributed by atoms with Crippen molar-refractivity contribution in [1.29, 1.82) is 0 Å². The van der Waals surface area contributed by atoms with Gasteiger partial charge in [-0.25, -0.2) is 18.6 Å². The number of aromatic nitrogens is 2. The first-order valence-corrected chi connectivity index (χ1v) is 6.38. The summed E-state index contributed by atoms with van der Waals surface area (Å²) < 4.78 is 33.7. The number of rotatable bonds is 2. The number of ether oxygens (including phenoxy) is 1. The molecule has 3 rings (SSSR count). The van der Waals surface area contributed by atoms with E-state index in [-0.39, 0.29) is 5.75 Å². The molecule has 0 fully saturated rings. The minimum Gasteiger partial charge on any atom is -0.410 e. The summed E-state index contributed by atoms with van der Waals surface area (Å²) in [6.45, 7) is 0. The molecule has 7 heteroatoms. The molecule has 1 N–H and O–H groups in total. The van der Waals surface area contributed by atoms with Gasteiger partial charge in [0.2, 0.25) is 0 Å². The Morgan fingerprint density at radius 2 is 1.95 bits per heavy atom. The molecule has 1 amide bonds. The first-order chi connectivity index (χ1) is 10.5. The molecule has 0 aliphatic rings. The van der Waals surface area contributed by atoms with E-state index in [4.69, 9.17) is 4.74 Å². The SMILES string of the molecule is Cn1cnc2cc(OC(=O)Nc3c(F)cccc3F)ccc21. The molecule has 0 spiro atoms. The van der Waals surface area contributed by atoms with Crippen LogP contribution in [-0.4, -0.2) is 15.6 Å². The highest BCUT2D eigenvalue weighted by Gasteiger charge is 2.13. The van der Waals surface area contributed by atoms with Crippen molar-refractivity contribution in [2.75, 3.05) is 5.32 Å². The van der Waals surface area contributed by atoms with Gasteiger partial charge in [0.25, 0.3) is 0 Å². The Labute approximate surface area is 124 Å². The number of carbonyl (C=O) groups excluding carboxylic acids is 1. The van der Waals surface area contributed by atoms with Gasteiger partial charge in [0.05, 0.1) is 17.4 Å². The number of nitrogens with zero attached hydrogens (tertiary/aromatic N) is 2. The molecule has 0 saturated carbocycles. The Hall–Kier alpha value is -2.96. The van der Waals surface area contributed by atoms with Crippen molar-refractivity contribution in [2.45, 2.75) is 0 Å². The van der Waals surface area contributed by atoms with Gasteiger partial charge >= 0.3 is 6.09 Å². The Morgan fingerprint density at radius 3 is 2.68 bits per heavy atom. The number of fused-ring (bicyclic) bond motifs is 1. The molecule has 1 aromatic heterocycles. The van der Waals surface area contributed by atoms with Crippen LogP contribution >= 0.6 is 0 Å². The van der Waals surface area contributed by atoms with Gasteiger partial charge in [-0.2, -0.15) is 0 Å². The van der Waals surface area contributed by atoms with E-state index in [1.165, 1.54) is 6.07 Å². The number of benzene rings is 2. The van der Waals surface area contributed by atoms with Gasteiger partial charge in [-0.15, -0.1) is 0 Å². The normalized spacial score (nSPS) is 10.7. The van der Waals surface area contributed by atoms with Crippen molar-refractivity contribution < 1.29 is 18.3 Å². The van der Waals surface area contributed by atoms with Crippen LogP contribution in [-0.2, 0) is 7.05 Å². The van der Waals surface area contributed by atoms with Crippen LogP contribution in [0.1, 0.15) is 0 Å². The molecule has 3 aromatic rings. The van der Waals surface area contributed by atoms with Crippen LogP contribution in [0.2, 0.25) is 0 Å². The topological polar surface area (TPSA) is 56.2 Å². The third-order valence-corrected chi connectivity index (χ3v) is 3.10. The van der Waals surface area contributed by atoms with Crippen LogP contribution in [0.15, 0.2) is 42.7 Å². The Kier molecular flexibility index (Phi) is 3.46. The molecule has 112 valence electrons. The molecule has 0 aliphatic carbocycles. The van der Waals surface area contributed by atoms with E-state index in [2.05, 4.69) is 4.98 Å². The van der Waals surface area contributed by atoms with Crippen molar-refractivity contribution in [3.05, 3.63) is 54.4 Å². The zero-order valence-corrected chi connectivity index (χ0v) is 11.5. The van der Waals surface area contributed by atoms with Gasteiger partial charge < -0.3 is 9.30 Å². The van der Waals surface area contributed by atoms with E-state index in [1.54, 1.807) is 24.5 Å². The number of hydrogen-bond acceptors (Lipinski definition) is 3. The standard InChI is InChI=1S/C15H11F2N3O2/c1-20-8-18-12-7-9(5-6-13(12)20)22-15(21)19-14-10(16)3-2-4-11(14)17/h2-8H,1H3,(H,19,21). The van der Waals surface area contributed by atoms with Gasteiger partial charge in [0.15, 0.2) is 0 Å². The van der Waals surface area contributed by atoms with Crippen molar-refractivity contribution in [3.63, 3.8) is 0 Å². The molecular formula is C15H11F2N3O2. The fraction of sp³-hybridized carbons (Fsp3) is 0.0667. The molecule has 5 nitrogen and oxygen atoms in total. The van der Waals surface area contributed by atoms with Gasteiger partial charge in [-0.3, -0.25) is 5.32 Å². The molecule has 0 aliphatic heterocycles. The average Bonchev–Trinajstić information content (AvgIpc) is 2.84. The van der Waals surface area contributed by atoms with E-state index >= 15 is 0 Å². The van der Waals surface area contributed by atoms with Crippen LogP contribution in [0.5, 0.6) is 5.75 Å². The number of amides is 1. The molecular weight excluding hydrogens is 292 g/mol. The summed E-state index contributed by atoms with van der Waals surface area (Å²) in [5.74, 6) is -1.53. The van der Waals surface area contributed by atoms with E-state index in [1.807, 2.05) is 16.9 Å². The number of carbonyl (C=O) groups is 1. The minimum atomic E-state index is -0.987. The summed E-state index contributed by atoms with van der Waals surface area (Å²) >= 11 is 0. The molecule has 0 atom stereocenters. The fourth-order valence-corrected chi connectivity index (χ4v) is 2.03. The first-order valence-electron chi connectivity index (χ1n) is 6.38. The van der Waals surface area contributed by atoms with Gasteiger partial charge in [0, 0.05) is 13.1 Å². The molecule has 0 bridgehead atoms. The van der Waals surface area contributed by atoms with Gasteiger partial charge in [-0.05, 0) is 24.3 Å². The second-order valence-electron chi connectivity index (χ2n) is 4.62. The lowest BCUT2D eigenvalue weighted by atomic mass is 10.3. The number of nitrogens with one attached hydrogen (secondary N) is 1. The predicted octanol–water partition coefficient (Wildman–Crippen LogP) is 3.46. The maximum Gasteiger partial charge on any atom is 0.417 e. The summed E-state index contributed by atoms with van der Waals surface area (Å²) in [6.07, 6.45) is 0.641. The summed E-state index contributed by atoms with van der Waals surface area (Å²) in [4.78, 5) is 15.9. The monoisotopic (exact) mass is 303 g/mol. The lowest BCUT2D eigenvalue weighted by Gasteiger charge is -2.08. The number of aryl methyl sites for hydroxylation is 1. The second-order valence-corrected chi connectivity index (χ2v) is 4.62. The van der Waals surface area contributed by atoms with Crippen LogP contribution in [0.4, 0.5) is 19.3 Å². The molecule has 0 saturated heterocycles. The molecule has 0 unspecified atom stereocenters. The first kappa shape index (κ1) is 14.0. The van der Waals surface area contributed by atoms with E-state index in [0.717, 1.165) is 17.6 Å². The quantitative estimate of drug-likeness (QED) is 0.788. The zero-order chi connectivity index (χ0) is 15.7. The van der Waals surface area contributed by atoms with E-state index in [9.17, 15) is 13.6 Å². The van der Waals surface area contributed by atoms with Crippen molar-refractivity contribution in [1.82, 2.24) is 9.55 Å². The van der Waals surface area contributed by atoms with Crippen molar-refractivity contribution in [2.24, 2.45) is 7.05 Å². The zero-order valence-electron chi connectivity index (χ0n) is 11.5. The summed E-state index contributed by atoms with van der Waals surface area (Å²) in [5, 5.41) is 2.04. The lowest BCUT2D eigenvalue weighted by Crippen LogP contribution is -2.18. The Balaban J connectivity index is 1.78. The third kappa shape index (κ3) is 2.60. The van der Waals surface area contributed by atoms with Crippen LogP contribution in [0.3, 0.4) is 0 Å². The molecule has 22 heavy (non-hydrogen) atoms. The van der Waals surface area contributed by atoms with Crippen LogP contribution < -0.4 is 10.1 Å². The summed E-state index contributed by atoms with van der Waals surface area (Å²) in [6, 6.07) is 8.15. The number of anilines is 1. The molecule has 0 radical (unpaired) electrons. The minimum absolute atomic E-state index is 0.223. The number of para-hydroxylation sites is 1. The van der Waals surface area contributed by atoms with E-state index in [0.29, 0.717) is 5.52 Å². The molecule has 1 heterocycles. The Morgan fingerprint density at radius 1 is 1.23 bits per heavy atom. The van der Waals surface area contributed by atoms with Gasteiger partial charge in [-0.1, -0.05) is 6.07 Å². The van der Waals surface area contributed by atoms with Crippen molar-refractivity contribution in [3.8, 4) is 5.75 Å². The van der Waals surface area contributed by atoms with E-state index < -0.39 is 23.4 Å². The summed E-state index contributed by atoms with van der Waals surface area (Å²) in [7, 11) is 1.84. The van der Waals surface area contributed by atoms with Gasteiger partial charge in [0.1, 0.15) is 23.1 Å². The van der Waals surface area contributed by atoms with Crippen LogP contribution in [0, 0.1) is 11.6 Å². The highest BCUT2D eigenvalue weighted by Crippen LogP contribution is 2.21. The van der Waals surface area contributed by atoms with Crippen LogP contribution in [0.25, 0.3) is 11.0 Å². The largest absolute Gasteiger partial charge is 0.417 e. The maximum absolute atomic E-state index is 13.4. The fourth-order valence-electron chi connectivity index (χ4n) is 2.03. The predicted molar refractivity (Wildman–Crippen MR) is 76.7 cm³/mol. The lowest BCUT2D eigenvalue weighted by molar-refractivity contribution is 0.215. The highest BCUT2D eigenvalue weighted by molar-refractivity contribution is 5.87. The second kappa shape index (κ2) is 5.44. The summed E-state index contributed by atoms with van der Waals surface area (Å²) in [5.41, 5.74) is 0.962. The highest BCUT2D eigenvalue weighted by atomic mass is 19.1. The smallest absolute Gasteiger partial charge is 0.410 e. The number of imidazole rings is 1. The third-order valence-electron chi connectivity index (χ3n) is 3.10. The van der Waals surface area contributed by atoms with Crippen molar-refractivity contribution >= 4 is 22.8 Å².